The average molecular weight is 508 g/mol. The summed E-state index contributed by atoms with van der Waals surface area (Å²) in [7, 11) is 7.27. The molecule has 27 heavy (non-hydrogen) atoms. The molecule has 0 aliphatic rings. The Morgan fingerprint density at radius 2 is 0.630 bits per heavy atom. The minimum Gasteiger partial charge on any atom is -0.457 e. The van der Waals surface area contributed by atoms with E-state index in [2.05, 4.69) is 119 Å². The van der Waals surface area contributed by atoms with Crippen LogP contribution in [0.15, 0.2) is 9.98 Å². The summed E-state index contributed by atoms with van der Waals surface area (Å²) in [6.45, 7) is 30.8. The fourth-order valence-corrected chi connectivity index (χ4v) is 2.06. The molecule has 0 aromatic heterocycles. The van der Waals surface area contributed by atoms with Gasteiger partial charge in [0.25, 0.3) is 0 Å². The second-order valence-electron chi connectivity index (χ2n) is 8.78. The molecule has 0 aliphatic heterocycles. The molecule has 0 aliphatic carbocycles. The van der Waals surface area contributed by atoms with Crippen molar-refractivity contribution in [3.63, 3.8) is 0 Å². The molecule has 0 saturated carbocycles. The number of hydrogen-bond acceptors (Lipinski definition) is 2. The Labute approximate surface area is 189 Å². The molecule has 0 aromatic carbocycles. The van der Waals surface area contributed by atoms with E-state index in [0.29, 0.717) is 23.7 Å². The van der Waals surface area contributed by atoms with Crippen LogP contribution in [0.5, 0.6) is 0 Å². The maximum Gasteiger partial charge on any atom is 2.00 e. The molecule has 0 amide bonds. The fourth-order valence-electron chi connectivity index (χ4n) is 2.06. The molecular formula is C22H52N2P2Ru+2. The number of nitrogens with zero attached hydrogens (tertiary/aromatic N) is 2. The van der Waals surface area contributed by atoms with Crippen LogP contribution >= 0.6 is 15.8 Å². The fraction of sp³-hybridized carbons (Fsp3) is 0.818. The summed E-state index contributed by atoms with van der Waals surface area (Å²) in [4.78, 5) is 7.91. The molecule has 0 atom stereocenters. The van der Waals surface area contributed by atoms with Crippen LogP contribution in [0.4, 0.5) is 0 Å². The zero-order chi connectivity index (χ0) is 22.0. The van der Waals surface area contributed by atoms with Crippen molar-refractivity contribution in [1.29, 1.82) is 0 Å². The van der Waals surface area contributed by atoms with Gasteiger partial charge < -0.3 is 9.98 Å². The first-order valence-corrected chi connectivity index (χ1v) is 15.9. The van der Waals surface area contributed by atoms with Gasteiger partial charge >= 0.3 is 19.5 Å². The van der Waals surface area contributed by atoms with E-state index < -0.39 is 0 Å². The Balaban J connectivity index is -0.0000000843. The van der Waals surface area contributed by atoms with Crippen molar-refractivity contribution in [2.45, 2.75) is 55.4 Å². The van der Waals surface area contributed by atoms with Crippen LogP contribution in [-0.2, 0) is 19.5 Å². The van der Waals surface area contributed by atoms with E-state index in [-0.39, 0.29) is 35.3 Å². The predicted molar refractivity (Wildman–Crippen MR) is 137 cm³/mol. The molecule has 0 rings (SSSR count). The van der Waals surface area contributed by atoms with Crippen molar-refractivity contribution in [2.75, 3.05) is 40.0 Å². The molecule has 0 saturated heterocycles. The van der Waals surface area contributed by atoms with Crippen LogP contribution in [0, 0.1) is 37.8 Å². The van der Waals surface area contributed by atoms with Gasteiger partial charge in [0.05, 0.1) is 0 Å². The number of aliphatic imine (C=N–C) groups is 2. The molecule has 0 aromatic rings. The van der Waals surface area contributed by atoms with Gasteiger partial charge in [-0.15, -0.1) is 11.4 Å². The summed E-state index contributed by atoms with van der Waals surface area (Å²) < 4.78 is 0. The Morgan fingerprint density at radius 1 is 0.519 bits per heavy atom. The standard InChI is InChI=1S/2C8H16N.2C3H9P.Ru/c2*1-6(2)8(9-5)7(3)4;2*1-4(2)3;/h2*6-7H,5H2,1-4H3;2*1-3H3;/q2*-1;;;+2/p+2. The van der Waals surface area contributed by atoms with Crippen LogP contribution in [0.2, 0.25) is 0 Å². The van der Waals surface area contributed by atoms with Gasteiger partial charge in [0.2, 0.25) is 0 Å². The van der Waals surface area contributed by atoms with Gasteiger partial charge in [-0.2, -0.15) is 14.1 Å². The third kappa shape index (κ3) is 37.9. The summed E-state index contributed by atoms with van der Waals surface area (Å²) in [5.74, 6) is 2.18. The molecule has 0 unspecified atom stereocenters. The van der Waals surface area contributed by atoms with E-state index in [1.165, 1.54) is 11.4 Å². The van der Waals surface area contributed by atoms with Crippen molar-refractivity contribution in [1.82, 2.24) is 0 Å². The zero-order valence-electron chi connectivity index (χ0n) is 21.0. The minimum absolute atomic E-state index is 0. The van der Waals surface area contributed by atoms with Crippen molar-refractivity contribution in [3.05, 3.63) is 14.1 Å². The average Bonchev–Trinajstić information content (AvgIpc) is 2.37. The van der Waals surface area contributed by atoms with Crippen LogP contribution < -0.4 is 0 Å². The van der Waals surface area contributed by atoms with E-state index in [1.807, 2.05) is 0 Å². The topological polar surface area (TPSA) is 24.7 Å². The molecule has 2 nitrogen and oxygen atoms in total. The van der Waals surface area contributed by atoms with E-state index in [4.69, 9.17) is 0 Å². The van der Waals surface area contributed by atoms with E-state index in [1.54, 1.807) is 0 Å². The second-order valence-corrected chi connectivity index (χ2v) is 14.8. The Hall–Kier alpha value is 0.563. The molecule has 0 heterocycles. The Morgan fingerprint density at radius 3 is 0.630 bits per heavy atom. The van der Waals surface area contributed by atoms with Crippen LogP contribution in [0.25, 0.3) is 0 Å². The minimum atomic E-state index is 0. The SMILES string of the molecule is C[PH+](C)C.C[PH+](C)C.[CH2-]N=C(C(C)C)C(C)C.[CH2-]N=C(C(C)C)C(C)C.[Ru+2]. The zero-order valence-corrected chi connectivity index (χ0v) is 24.7. The summed E-state index contributed by atoms with van der Waals surface area (Å²) in [5.41, 5.74) is 2.41. The van der Waals surface area contributed by atoms with Crippen LogP contribution in [-0.4, -0.2) is 51.4 Å². The Bertz CT molecular complexity index is 289. The molecule has 166 valence electrons. The number of hydrogen-bond donors (Lipinski definition) is 0. The van der Waals surface area contributed by atoms with Gasteiger partial charge in [-0.05, 0) is 15.8 Å². The second kappa shape index (κ2) is 24.6. The van der Waals surface area contributed by atoms with Gasteiger partial charge in [0, 0.05) is 40.0 Å². The number of rotatable bonds is 4. The molecule has 0 fully saturated rings. The first kappa shape index (κ1) is 38.2. The summed E-state index contributed by atoms with van der Waals surface area (Å²) in [6, 6.07) is 0. The maximum atomic E-state index is 3.95. The predicted octanol–water partition coefficient (Wildman–Crippen LogP) is 7.24. The third-order valence-electron chi connectivity index (χ3n) is 2.73. The van der Waals surface area contributed by atoms with Crippen molar-refractivity contribution in [2.24, 2.45) is 33.7 Å². The van der Waals surface area contributed by atoms with Crippen molar-refractivity contribution >= 4 is 27.3 Å². The molecule has 0 N–H and O–H groups in total. The first-order chi connectivity index (χ1) is 11.6. The quantitative estimate of drug-likeness (QED) is 0.166. The summed E-state index contributed by atoms with van der Waals surface area (Å²) in [6.07, 6.45) is 0. The van der Waals surface area contributed by atoms with E-state index in [9.17, 15) is 0 Å². The van der Waals surface area contributed by atoms with Gasteiger partial charge in [0.15, 0.2) is 0 Å². The largest absolute Gasteiger partial charge is 2.00 e. The molecule has 0 bridgehead atoms. The van der Waals surface area contributed by atoms with Crippen molar-refractivity contribution in [3.8, 4) is 0 Å². The van der Waals surface area contributed by atoms with E-state index >= 15 is 0 Å². The van der Waals surface area contributed by atoms with Gasteiger partial charge in [-0.1, -0.05) is 79.1 Å². The van der Waals surface area contributed by atoms with Gasteiger partial charge in [0.1, 0.15) is 0 Å². The Kier molecular flexibility index (Phi) is 34.8. The van der Waals surface area contributed by atoms with Gasteiger partial charge in [-0.3, -0.25) is 0 Å². The van der Waals surface area contributed by atoms with E-state index in [0.717, 1.165) is 0 Å². The van der Waals surface area contributed by atoms with Crippen LogP contribution in [0.1, 0.15) is 55.4 Å². The molecule has 0 radical (unpaired) electrons. The van der Waals surface area contributed by atoms with Crippen molar-refractivity contribution < 1.29 is 19.5 Å². The monoisotopic (exact) mass is 508 g/mol. The normalized spacial score (nSPS) is 9.63. The van der Waals surface area contributed by atoms with Crippen LogP contribution in [0.3, 0.4) is 0 Å². The molecule has 5 heteroatoms. The third-order valence-corrected chi connectivity index (χ3v) is 2.73. The van der Waals surface area contributed by atoms with Gasteiger partial charge in [-0.25, -0.2) is 0 Å². The smallest absolute Gasteiger partial charge is 0.457 e. The molecule has 0 spiro atoms. The maximum absolute atomic E-state index is 3.95. The summed E-state index contributed by atoms with van der Waals surface area (Å²) in [5, 5.41) is 0. The summed E-state index contributed by atoms with van der Waals surface area (Å²) >= 11 is 0. The molecular weight excluding hydrogens is 455 g/mol. The first-order valence-electron chi connectivity index (χ1n) is 9.85.